The zero-order valence-corrected chi connectivity index (χ0v) is 24.6. The maximum absolute atomic E-state index is 14.2. The van der Waals surface area contributed by atoms with Gasteiger partial charge in [-0.15, -0.1) is 0 Å². The fourth-order valence-corrected chi connectivity index (χ4v) is 7.63. The molecule has 6 rings (SSSR count). The molecule has 0 unspecified atom stereocenters. The first-order valence-electron chi connectivity index (χ1n) is 14.3. The molecule has 0 saturated heterocycles. The summed E-state index contributed by atoms with van der Waals surface area (Å²) in [6.07, 6.45) is 0.290. The molecule has 0 aromatic heterocycles. The number of hydrogen-bond donors (Lipinski definition) is 5. The minimum absolute atomic E-state index is 0.0266. The quantitative estimate of drug-likeness (QED) is 0.324. The van der Waals surface area contributed by atoms with Crippen LogP contribution in [0.2, 0.25) is 0 Å². The molecule has 226 valence electrons. The molecule has 0 fully saturated rings. The van der Waals surface area contributed by atoms with Crippen molar-refractivity contribution in [2.75, 3.05) is 33.1 Å². The number of phenols is 1. The molecule has 2 aromatic rings. The molecule has 11 heteroatoms. The van der Waals surface area contributed by atoms with Crippen LogP contribution in [0.1, 0.15) is 39.0 Å². The van der Waals surface area contributed by atoms with Gasteiger partial charge >= 0.3 is 0 Å². The highest BCUT2D eigenvalue weighted by Crippen LogP contribution is 2.53. The molecule has 4 atom stereocenters. The van der Waals surface area contributed by atoms with Crippen molar-refractivity contribution >= 4 is 23.2 Å². The van der Waals surface area contributed by atoms with Crippen molar-refractivity contribution in [1.82, 2.24) is 9.80 Å². The number of ketones is 2. The highest BCUT2D eigenvalue weighted by atomic mass is 16.3. The number of likely N-dealkylation sites (N-methyl/N-ethyl adjacent to an activating group) is 1. The Hall–Kier alpha value is -4.19. The Morgan fingerprint density at radius 1 is 1.07 bits per heavy atom. The molecule has 0 spiro atoms. The van der Waals surface area contributed by atoms with Crippen molar-refractivity contribution < 1.29 is 34.8 Å². The van der Waals surface area contributed by atoms with E-state index in [9.17, 15) is 34.8 Å². The number of hydrogen-bond acceptors (Lipinski definition) is 10. The van der Waals surface area contributed by atoms with Gasteiger partial charge in [0.25, 0.3) is 5.91 Å². The van der Waals surface area contributed by atoms with E-state index < -0.39 is 58.0 Å². The Balaban J connectivity index is 1.47. The van der Waals surface area contributed by atoms with Gasteiger partial charge in [0, 0.05) is 56.5 Å². The molecule has 11 nitrogen and oxygen atoms in total. The number of nitrogens with zero attached hydrogens (tertiary/aromatic N) is 3. The Kier molecular flexibility index (Phi) is 6.68. The molecule has 43 heavy (non-hydrogen) atoms. The summed E-state index contributed by atoms with van der Waals surface area (Å²) in [4.78, 5) is 45.6. The van der Waals surface area contributed by atoms with E-state index in [1.54, 1.807) is 14.1 Å². The number of carbonyl (C=O) groups excluding carboxylic acids is 3. The van der Waals surface area contributed by atoms with Crippen molar-refractivity contribution in [3.05, 3.63) is 80.8 Å². The summed E-state index contributed by atoms with van der Waals surface area (Å²) in [5.41, 5.74) is 6.11. The maximum Gasteiger partial charge on any atom is 0.255 e. The van der Waals surface area contributed by atoms with Gasteiger partial charge in [-0.05, 0) is 55.6 Å². The second-order valence-corrected chi connectivity index (χ2v) is 12.5. The lowest BCUT2D eigenvalue weighted by molar-refractivity contribution is -0.148. The van der Waals surface area contributed by atoms with Gasteiger partial charge in [0.1, 0.15) is 22.8 Å². The number of aliphatic hydroxyl groups is 3. The smallest absolute Gasteiger partial charge is 0.255 e. The third kappa shape index (κ3) is 4.10. The Labute approximate surface area is 249 Å². The summed E-state index contributed by atoms with van der Waals surface area (Å²) in [5.74, 6) is -6.52. The number of benzene rings is 2. The SMILES string of the molecule is CN(C)c1cc(CN2Cc3ccccc3C2)c(O)c2c1C[C@H]1C[C@H]3[C@@H](N(C)C)C(O)=C(C(N)=O)C(=O)[C@@]3(O)C(O)=C1C2=O. The highest BCUT2D eigenvalue weighted by molar-refractivity contribution is 6.25. The van der Waals surface area contributed by atoms with Crippen LogP contribution in [0.4, 0.5) is 5.69 Å². The molecule has 6 N–H and O–H groups in total. The summed E-state index contributed by atoms with van der Waals surface area (Å²) >= 11 is 0. The summed E-state index contributed by atoms with van der Waals surface area (Å²) in [6.45, 7) is 1.76. The third-order valence-electron chi connectivity index (χ3n) is 9.56. The predicted molar refractivity (Wildman–Crippen MR) is 157 cm³/mol. The summed E-state index contributed by atoms with van der Waals surface area (Å²) < 4.78 is 0. The van der Waals surface area contributed by atoms with Gasteiger partial charge in [-0.2, -0.15) is 0 Å². The van der Waals surface area contributed by atoms with E-state index in [0.29, 0.717) is 30.8 Å². The third-order valence-corrected chi connectivity index (χ3v) is 9.56. The molecule has 2 aromatic carbocycles. The van der Waals surface area contributed by atoms with Crippen molar-refractivity contribution in [2.24, 2.45) is 17.6 Å². The molecule has 3 aliphatic carbocycles. The monoisotopic (exact) mass is 588 g/mol. The second-order valence-electron chi connectivity index (χ2n) is 12.5. The number of allylic oxidation sites excluding steroid dienone is 1. The zero-order valence-electron chi connectivity index (χ0n) is 24.6. The Bertz CT molecular complexity index is 1630. The molecular weight excluding hydrogens is 552 g/mol. The molecule has 1 heterocycles. The van der Waals surface area contributed by atoms with Crippen LogP contribution in [0.5, 0.6) is 5.75 Å². The standard InChI is InChI=1S/C32H36N4O7/c1-34(2)21-11-18(14-36-12-15-7-5-6-8-16(15)13-36)26(37)23-19(21)9-17-10-20-25(35(3)4)28(39)24(31(33)42)30(41)32(20,43)29(40)22(17)27(23)38/h5-8,11,17,20,25,37,39-40,43H,9-10,12-14H2,1-4H3,(H2,33,42)/t17-,20-,25+,32-/m0/s1. The number of carbonyl (C=O) groups is 3. The molecule has 0 radical (unpaired) electrons. The van der Waals surface area contributed by atoms with E-state index in [1.807, 2.05) is 37.2 Å². The van der Waals surface area contributed by atoms with Crippen molar-refractivity contribution in [1.29, 1.82) is 0 Å². The van der Waals surface area contributed by atoms with E-state index >= 15 is 0 Å². The number of anilines is 1. The van der Waals surface area contributed by atoms with Crippen LogP contribution >= 0.6 is 0 Å². The van der Waals surface area contributed by atoms with Gasteiger partial charge in [0.2, 0.25) is 5.78 Å². The lowest BCUT2D eigenvalue weighted by atomic mass is 9.58. The van der Waals surface area contributed by atoms with E-state index in [0.717, 1.165) is 5.69 Å². The van der Waals surface area contributed by atoms with Crippen LogP contribution in [0.15, 0.2) is 53.0 Å². The number of amides is 1. The minimum atomic E-state index is -2.66. The van der Waals surface area contributed by atoms with Crippen LogP contribution < -0.4 is 10.6 Å². The molecule has 1 aliphatic heterocycles. The number of rotatable bonds is 5. The number of aromatic hydroxyl groups is 1. The van der Waals surface area contributed by atoms with Gasteiger partial charge in [0.05, 0.1) is 11.6 Å². The number of nitrogens with two attached hydrogens (primary N) is 1. The lowest BCUT2D eigenvalue weighted by Gasteiger charge is -2.50. The highest BCUT2D eigenvalue weighted by Gasteiger charge is 2.63. The summed E-state index contributed by atoms with van der Waals surface area (Å²) in [5, 5.41) is 46.0. The van der Waals surface area contributed by atoms with E-state index in [-0.39, 0.29) is 29.7 Å². The Morgan fingerprint density at radius 3 is 2.26 bits per heavy atom. The predicted octanol–water partition coefficient (Wildman–Crippen LogP) is 1.70. The van der Waals surface area contributed by atoms with Crippen molar-refractivity contribution in [3.63, 3.8) is 0 Å². The van der Waals surface area contributed by atoms with Crippen molar-refractivity contribution in [2.45, 2.75) is 44.1 Å². The maximum atomic E-state index is 14.2. The first-order valence-corrected chi connectivity index (χ1v) is 14.3. The first-order chi connectivity index (χ1) is 20.3. The van der Waals surface area contributed by atoms with Crippen molar-refractivity contribution in [3.8, 4) is 5.75 Å². The number of aliphatic hydroxyl groups excluding tert-OH is 2. The van der Waals surface area contributed by atoms with Crippen LogP contribution in [0.25, 0.3) is 0 Å². The normalized spacial score (nSPS) is 26.8. The van der Waals surface area contributed by atoms with Gasteiger partial charge < -0.3 is 31.1 Å². The fourth-order valence-electron chi connectivity index (χ4n) is 7.63. The topological polar surface area (TPSA) is 168 Å². The number of primary amides is 1. The summed E-state index contributed by atoms with van der Waals surface area (Å²) in [7, 11) is 6.92. The summed E-state index contributed by atoms with van der Waals surface area (Å²) in [6, 6.07) is 8.97. The molecule has 0 bridgehead atoms. The van der Waals surface area contributed by atoms with E-state index in [1.165, 1.54) is 16.0 Å². The van der Waals surface area contributed by atoms with Crippen LogP contribution in [0.3, 0.4) is 0 Å². The minimum Gasteiger partial charge on any atom is -0.510 e. The van der Waals surface area contributed by atoms with Gasteiger partial charge in [-0.3, -0.25) is 24.2 Å². The van der Waals surface area contributed by atoms with Gasteiger partial charge in [0.15, 0.2) is 11.4 Å². The fraction of sp³-hybridized carbons (Fsp3) is 0.406. The molecular formula is C32H36N4O7. The van der Waals surface area contributed by atoms with E-state index in [4.69, 9.17) is 5.73 Å². The number of fused-ring (bicyclic) bond motifs is 4. The molecule has 0 saturated carbocycles. The second kappa shape index (κ2) is 9.94. The average Bonchev–Trinajstić information content (AvgIpc) is 3.34. The largest absolute Gasteiger partial charge is 0.510 e. The van der Waals surface area contributed by atoms with E-state index in [2.05, 4.69) is 17.0 Å². The Morgan fingerprint density at radius 2 is 1.70 bits per heavy atom. The van der Waals surface area contributed by atoms with Gasteiger partial charge in [-0.1, -0.05) is 24.3 Å². The lowest BCUT2D eigenvalue weighted by Crippen LogP contribution is -2.63. The average molecular weight is 589 g/mol. The number of phenolic OH excluding ortho intramolecular Hbond substituents is 1. The van der Waals surface area contributed by atoms with Gasteiger partial charge in [-0.25, -0.2) is 0 Å². The van der Waals surface area contributed by atoms with Crippen LogP contribution in [-0.2, 0) is 35.6 Å². The first kappa shape index (κ1) is 28.9. The molecule has 1 amide bonds. The number of Topliss-reactive ketones (excluding diaryl/α,β-unsaturated/α-hetero) is 2. The molecule has 4 aliphatic rings. The van der Waals surface area contributed by atoms with Crippen LogP contribution in [0, 0.1) is 11.8 Å². The zero-order chi connectivity index (χ0) is 31.1. The van der Waals surface area contributed by atoms with Crippen LogP contribution in [-0.4, -0.2) is 87.5 Å².